The lowest BCUT2D eigenvalue weighted by Gasteiger charge is -2.37. The van der Waals surface area contributed by atoms with E-state index in [4.69, 9.17) is 12.6 Å². The van der Waals surface area contributed by atoms with Crippen molar-refractivity contribution in [1.82, 2.24) is 0 Å². The maximum atomic E-state index is 4.70. The van der Waals surface area contributed by atoms with Gasteiger partial charge in [0.15, 0.2) is 0 Å². The van der Waals surface area contributed by atoms with Crippen molar-refractivity contribution in [3.63, 3.8) is 0 Å². The van der Waals surface area contributed by atoms with Crippen LogP contribution in [0.25, 0.3) is 0 Å². The van der Waals surface area contributed by atoms with Crippen molar-refractivity contribution in [2.24, 2.45) is 0 Å². The average molecular weight is 277 g/mol. The van der Waals surface area contributed by atoms with E-state index in [9.17, 15) is 0 Å². The molecule has 0 aliphatic heterocycles. The normalized spacial score (nSPS) is 12.1. The monoisotopic (exact) mass is 277 g/mol. The van der Waals surface area contributed by atoms with Crippen LogP contribution in [0.5, 0.6) is 0 Å². The van der Waals surface area contributed by atoms with Crippen molar-refractivity contribution in [2.75, 3.05) is 4.90 Å². The molecule has 0 unspecified atom stereocenters. The Kier molecular flexibility index (Phi) is 8.33. The highest BCUT2D eigenvalue weighted by atomic mass is 32.1. The molecule has 0 amide bonds. The quantitative estimate of drug-likeness (QED) is 0.422. The topological polar surface area (TPSA) is 3.24 Å². The zero-order valence-corrected chi connectivity index (χ0v) is 13.9. The Labute approximate surface area is 124 Å². The first-order chi connectivity index (χ1) is 9.00. The maximum Gasteiger partial charge on any atom is 0.0824 e. The first-order valence-corrected chi connectivity index (χ1v) is 7.32. The molecule has 0 radical (unpaired) electrons. The number of nitrogens with zero attached hydrogens (tertiary/aromatic N) is 1. The van der Waals surface area contributed by atoms with Crippen LogP contribution in [0.15, 0.2) is 54.3 Å². The van der Waals surface area contributed by atoms with E-state index in [1.807, 2.05) is 52.0 Å². The summed E-state index contributed by atoms with van der Waals surface area (Å²) in [6.45, 7) is 12.3. The number of anilines is 1. The Hall–Kier alpha value is -1.15. The van der Waals surface area contributed by atoms with Gasteiger partial charge >= 0.3 is 0 Å². The van der Waals surface area contributed by atoms with Crippen molar-refractivity contribution in [1.29, 1.82) is 0 Å². The van der Waals surface area contributed by atoms with E-state index in [0.29, 0.717) is 0 Å². The number of hydrogen-bond donors (Lipinski definition) is 1. The van der Waals surface area contributed by atoms with Crippen LogP contribution in [0.3, 0.4) is 0 Å². The van der Waals surface area contributed by atoms with Crippen LogP contribution in [0.1, 0.15) is 41.5 Å². The van der Waals surface area contributed by atoms with E-state index in [2.05, 4.69) is 43.0 Å². The third-order valence-corrected chi connectivity index (χ3v) is 2.65. The average Bonchev–Trinajstić information content (AvgIpc) is 2.40. The van der Waals surface area contributed by atoms with Crippen molar-refractivity contribution in [2.45, 2.75) is 46.4 Å². The number of benzene rings is 1. The minimum Gasteiger partial charge on any atom is -0.327 e. The zero-order chi connectivity index (χ0) is 14.9. The molecule has 0 saturated heterocycles. The van der Waals surface area contributed by atoms with Crippen molar-refractivity contribution in [3.05, 3.63) is 54.3 Å². The predicted octanol–water partition coefficient (Wildman–Crippen LogP) is 5.67. The summed E-state index contributed by atoms with van der Waals surface area (Å²) in [6.07, 6.45) is 6.25. The van der Waals surface area contributed by atoms with Gasteiger partial charge in [-0.05, 0) is 45.9 Å². The van der Waals surface area contributed by atoms with E-state index < -0.39 is 0 Å². The predicted molar refractivity (Wildman–Crippen MR) is 91.9 cm³/mol. The molecule has 0 spiro atoms. The van der Waals surface area contributed by atoms with E-state index in [0.717, 1.165) is 11.4 Å². The molecule has 0 saturated carbocycles. The molecule has 0 atom stereocenters. The fourth-order valence-corrected chi connectivity index (χ4v) is 2.06. The Morgan fingerprint density at radius 3 is 2.00 bits per heavy atom. The fraction of sp³-hybridized carbons (Fsp3) is 0.412. The molecule has 19 heavy (non-hydrogen) atoms. The smallest absolute Gasteiger partial charge is 0.0824 e. The molecule has 0 aliphatic rings. The first kappa shape index (κ1) is 17.8. The lowest BCUT2D eigenvalue weighted by Crippen LogP contribution is -2.38. The second-order valence-electron chi connectivity index (χ2n) is 4.38. The van der Waals surface area contributed by atoms with Crippen LogP contribution in [0.2, 0.25) is 0 Å². The van der Waals surface area contributed by atoms with E-state index in [1.54, 1.807) is 0 Å². The summed E-state index contributed by atoms with van der Waals surface area (Å²) in [5.41, 5.74) is 2.30. The van der Waals surface area contributed by atoms with Crippen LogP contribution < -0.4 is 4.90 Å². The highest BCUT2D eigenvalue weighted by Gasteiger charge is 2.24. The Balaban J connectivity index is 0.00000154. The van der Waals surface area contributed by atoms with Crippen LogP contribution in [0, 0.1) is 0 Å². The summed E-state index contributed by atoms with van der Waals surface area (Å²) in [6, 6.07) is 10.3. The van der Waals surface area contributed by atoms with Crippen molar-refractivity contribution >= 4 is 18.3 Å². The van der Waals surface area contributed by atoms with E-state index >= 15 is 0 Å². The number of hydrogen-bond acceptors (Lipinski definition) is 2. The highest BCUT2D eigenvalue weighted by molar-refractivity contribution is 7.81. The van der Waals surface area contributed by atoms with Crippen LogP contribution in [-0.2, 0) is 0 Å². The highest BCUT2D eigenvalue weighted by Crippen LogP contribution is 2.31. The molecular weight excluding hydrogens is 250 g/mol. The van der Waals surface area contributed by atoms with Gasteiger partial charge in [0.05, 0.1) is 4.87 Å². The molecular formula is C17H27NS. The minimum absolute atomic E-state index is 0.247. The van der Waals surface area contributed by atoms with Crippen LogP contribution in [-0.4, -0.2) is 4.87 Å². The van der Waals surface area contributed by atoms with Gasteiger partial charge in [-0.1, -0.05) is 44.2 Å². The Bertz CT molecular complexity index is 399. The largest absolute Gasteiger partial charge is 0.327 e. The molecule has 0 aliphatic carbocycles. The molecule has 1 rings (SSSR count). The van der Waals surface area contributed by atoms with Crippen molar-refractivity contribution < 1.29 is 0 Å². The van der Waals surface area contributed by atoms with Gasteiger partial charge in [0.2, 0.25) is 0 Å². The van der Waals surface area contributed by atoms with Gasteiger partial charge in [-0.15, -0.1) is 0 Å². The number of rotatable bonds is 4. The molecule has 0 bridgehead atoms. The summed E-state index contributed by atoms with van der Waals surface area (Å²) in [7, 11) is 0. The second kappa shape index (κ2) is 8.87. The standard InChI is InChI=1S/C15H21NS.C2H6/c1-5-10-13(6-2)16(15(3,4)17)14-11-8-7-9-12-14;1-2/h5-12,17H,1-4H3;1-2H3/b10-5-,13-6+;. The summed E-state index contributed by atoms with van der Waals surface area (Å²) < 4.78 is 0. The van der Waals surface area contributed by atoms with Crippen molar-refractivity contribution in [3.8, 4) is 0 Å². The summed E-state index contributed by atoms with van der Waals surface area (Å²) in [5, 5.41) is 0. The molecule has 1 aromatic rings. The lowest BCUT2D eigenvalue weighted by molar-refractivity contribution is 0.706. The number of thiol groups is 1. The second-order valence-corrected chi connectivity index (χ2v) is 5.47. The summed E-state index contributed by atoms with van der Waals surface area (Å²) in [5.74, 6) is 0. The first-order valence-electron chi connectivity index (χ1n) is 6.87. The SMILES string of the molecule is C/C=C\C(=C/C)N(c1ccccc1)C(C)(C)S.CC. The molecule has 2 heteroatoms. The zero-order valence-electron chi connectivity index (χ0n) is 13.0. The molecule has 0 fully saturated rings. The van der Waals surface area contributed by atoms with Gasteiger partial charge < -0.3 is 4.90 Å². The van der Waals surface area contributed by atoms with Crippen LogP contribution >= 0.6 is 12.6 Å². The van der Waals surface area contributed by atoms with Gasteiger partial charge in [-0.3, -0.25) is 0 Å². The number of para-hydroxylation sites is 1. The van der Waals surface area contributed by atoms with Crippen LogP contribution in [0.4, 0.5) is 5.69 Å². The number of allylic oxidation sites excluding steroid dienone is 3. The Morgan fingerprint density at radius 2 is 1.63 bits per heavy atom. The maximum absolute atomic E-state index is 4.70. The molecule has 0 aromatic heterocycles. The summed E-state index contributed by atoms with van der Waals surface area (Å²) >= 11 is 4.70. The van der Waals surface area contributed by atoms with E-state index in [1.165, 1.54) is 0 Å². The molecule has 0 heterocycles. The molecule has 1 nitrogen and oxygen atoms in total. The van der Waals surface area contributed by atoms with Gasteiger partial charge in [0, 0.05) is 11.4 Å². The fourth-order valence-electron chi connectivity index (χ4n) is 1.83. The third-order valence-electron chi connectivity index (χ3n) is 2.45. The molecule has 106 valence electrons. The van der Waals surface area contributed by atoms with Gasteiger partial charge in [0.1, 0.15) is 0 Å². The Morgan fingerprint density at radius 1 is 1.11 bits per heavy atom. The molecule has 1 aromatic carbocycles. The summed E-state index contributed by atoms with van der Waals surface area (Å²) in [4.78, 5) is 1.97. The molecule has 0 N–H and O–H groups in total. The third kappa shape index (κ3) is 5.56. The van der Waals surface area contributed by atoms with Gasteiger partial charge in [-0.2, -0.15) is 12.6 Å². The van der Waals surface area contributed by atoms with E-state index in [-0.39, 0.29) is 4.87 Å². The minimum atomic E-state index is -0.247. The lowest BCUT2D eigenvalue weighted by atomic mass is 10.2. The van der Waals surface area contributed by atoms with Gasteiger partial charge in [0.25, 0.3) is 0 Å². The van der Waals surface area contributed by atoms with Gasteiger partial charge in [-0.25, -0.2) is 0 Å².